The van der Waals surface area contributed by atoms with Gasteiger partial charge in [-0.25, -0.2) is 4.99 Å². The molecule has 1 heterocycles. The maximum atomic E-state index is 12.3. The molecule has 134 valence electrons. The number of ether oxygens (including phenoxy) is 2. The molecule has 1 N–H and O–H groups in total. The van der Waals surface area contributed by atoms with E-state index in [1.807, 2.05) is 0 Å². The molecule has 1 saturated heterocycles. The summed E-state index contributed by atoms with van der Waals surface area (Å²) in [6, 6.07) is 10.3. The quantitative estimate of drug-likeness (QED) is 0.730. The molecule has 0 bridgehead atoms. The number of hydrogen-bond acceptors (Lipinski definition) is 5. The Hall–Kier alpha value is -2.15. The minimum atomic E-state index is -0.247. The molecule has 0 atom stereocenters. The number of nitrogens with one attached hydrogen (secondary N) is 1. The van der Waals surface area contributed by atoms with Crippen LogP contribution in [0.2, 0.25) is 10.0 Å². The Morgan fingerprint density at radius 3 is 2.62 bits per heavy atom. The lowest BCUT2D eigenvalue weighted by atomic mass is 10.1. The van der Waals surface area contributed by atoms with E-state index in [2.05, 4.69) is 10.3 Å². The van der Waals surface area contributed by atoms with Crippen molar-refractivity contribution in [1.29, 1.82) is 0 Å². The van der Waals surface area contributed by atoms with E-state index in [-0.39, 0.29) is 5.91 Å². The first kappa shape index (κ1) is 18.6. The standard InChI is InChI=1S/C18H14Cl2N2O3S/c1-24-12-4-6-15(25-2)10(7-12)8-16-17(23)22-18(26-16)21-14-5-3-11(19)9-13(14)20/h3-9H,1-2H3,(H,21,22,23). The lowest BCUT2D eigenvalue weighted by Gasteiger charge is -2.07. The summed E-state index contributed by atoms with van der Waals surface area (Å²) in [5.41, 5.74) is 1.26. The van der Waals surface area contributed by atoms with Crippen LogP contribution >= 0.6 is 35.0 Å². The lowest BCUT2D eigenvalue weighted by molar-refractivity contribution is -0.115. The van der Waals surface area contributed by atoms with Crippen LogP contribution in [0.3, 0.4) is 0 Å². The molecule has 26 heavy (non-hydrogen) atoms. The third-order valence-corrected chi connectivity index (χ3v) is 4.95. The number of methoxy groups -OCH3 is 2. The van der Waals surface area contributed by atoms with Gasteiger partial charge >= 0.3 is 0 Å². The topological polar surface area (TPSA) is 59.9 Å². The molecule has 3 rings (SSSR count). The molecule has 2 aromatic rings. The van der Waals surface area contributed by atoms with Gasteiger partial charge in [-0.05, 0) is 54.2 Å². The minimum absolute atomic E-state index is 0.247. The van der Waals surface area contributed by atoms with Crippen molar-refractivity contribution < 1.29 is 14.3 Å². The first-order valence-corrected chi connectivity index (χ1v) is 9.04. The van der Waals surface area contributed by atoms with Crippen LogP contribution in [-0.2, 0) is 4.79 Å². The van der Waals surface area contributed by atoms with Gasteiger partial charge < -0.3 is 14.8 Å². The fourth-order valence-corrected chi connectivity index (χ4v) is 3.53. The summed E-state index contributed by atoms with van der Waals surface area (Å²) in [5.74, 6) is 1.06. The molecule has 2 aromatic carbocycles. The molecule has 5 nitrogen and oxygen atoms in total. The first-order valence-electron chi connectivity index (χ1n) is 7.47. The number of hydrogen-bond donors (Lipinski definition) is 1. The molecule has 0 unspecified atom stereocenters. The summed E-state index contributed by atoms with van der Waals surface area (Å²) in [6.07, 6.45) is 1.73. The van der Waals surface area contributed by atoms with Gasteiger partial charge in [-0.2, -0.15) is 0 Å². The van der Waals surface area contributed by atoms with Crippen LogP contribution in [-0.4, -0.2) is 25.3 Å². The van der Waals surface area contributed by atoms with Crippen LogP contribution < -0.4 is 14.8 Å². The second-order valence-corrected chi connectivity index (χ2v) is 7.06. The number of benzene rings is 2. The normalized spacial score (nSPS) is 16.8. The van der Waals surface area contributed by atoms with Gasteiger partial charge in [0.1, 0.15) is 11.5 Å². The predicted octanol–water partition coefficient (Wildman–Crippen LogP) is 4.90. The minimum Gasteiger partial charge on any atom is -0.497 e. The Kier molecular flexibility index (Phi) is 5.76. The molecule has 8 heteroatoms. The average molecular weight is 409 g/mol. The third kappa shape index (κ3) is 4.15. The number of aliphatic imine (C=N–C) groups is 1. The highest BCUT2D eigenvalue weighted by Gasteiger charge is 2.24. The SMILES string of the molecule is COc1ccc(OC)c(C=C2SC(=Nc3ccc(Cl)cc3Cl)NC2=O)c1. The van der Waals surface area contributed by atoms with Gasteiger partial charge in [0.15, 0.2) is 5.17 Å². The fraction of sp³-hybridized carbons (Fsp3) is 0.111. The van der Waals surface area contributed by atoms with Crippen molar-refractivity contribution in [3.8, 4) is 11.5 Å². The number of carbonyl (C=O) groups excluding carboxylic acids is 1. The highest BCUT2D eigenvalue weighted by atomic mass is 35.5. The van der Waals surface area contributed by atoms with Crippen LogP contribution in [0, 0.1) is 0 Å². The van der Waals surface area contributed by atoms with Crippen molar-refractivity contribution >= 4 is 57.8 Å². The van der Waals surface area contributed by atoms with Gasteiger partial charge in [-0.3, -0.25) is 4.79 Å². The summed E-state index contributed by atoms with van der Waals surface area (Å²) >= 11 is 13.2. The molecule has 1 aliphatic rings. The maximum absolute atomic E-state index is 12.3. The summed E-state index contributed by atoms with van der Waals surface area (Å²) in [7, 11) is 3.15. The number of thioether (sulfide) groups is 1. The number of halogens is 2. The van der Waals surface area contributed by atoms with Gasteiger partial charge in [0.2, 0.25) is 0 Å². The Morgan fingerprint density at radius 1 is 1.12 bits per heavy atom. The van der Waals surface area contributed by atoms with E-state index in [4.69, 9.17) is 32.7 Å². The van der Waals surface area contributed by atoms with E-state index in [0.717, 1.165) is 5.56 Å². The van der Waals surface area contributed by atoms with Crippen molar-refractivity contribution in [3.63, 3.8) is 0 Å². The van der Waals surface area contributed by atoms with E-state index < -0.39 is 0 Å². The van der Waals surface area contributed by atoms with E-state index in [9.17, 15) is 4.79 Å². The lowest BCUT2D eigenvalue weighted by Crippen LogP contribution is -2.19. The second-order valence-electron chi connectivity index (χ2n) is 5.19. The number of nitrogens with zero attached hydrogens (tertiary/aromatic N) is 1. The molecule has 0 radical (unpaired) electrons. The van der Waals surface area contributed by atoms with E-state index in [1.165, 1.54) is 11.8 Å². The highest BCUT2D eigenvalue weighted by Crippen LogP contribution is 2.34. The van der Waals surface area contributed by atoms with Gasteiger partial charge in [-0.15, -0.1) is 0 Å². The second kappa shape index (κ2) is 8.03. The molecule has 1 amide bonds. The Bertz CT molecular complexity index is 929. The van der Waals surface area contributed by atoms with Crippen LogP contribution in [0.1, 0.15) is 5.56 Å². The summed E-state index contributed by atoms with van der Waals surface area (Å²) in [4.78, 5) is 17.1. The monoisotopic (exact) mass is 408 g/mol. The molecular weight excluding hydrogens is 395 g/mol. The molecule has 0 aliphatic carbocycles. The van der Waals surface area contributed by atoms with E-state index in [0.29, 0.717) is 37.3 Å². The van der Waals surface area contributed by atoms with Crippen molar-refractivity contribution in [2.24, 2.45) is 4.99 Å². The van der Waals surface area contributed by atoms with E-state index in [1.54, 1.807) is 56.7 Å². The van der Waals surface area contributed by atoms with Crippen LogP contribution in [0.15, 0.2) is 46.3 Å². The number of carbonyl (C=O) groups is 1. The molecule has 0 saturated carbocycles. The fourth-order valence-electron chi connectivity index (χ4n) is 2.26. The van der Waals surface area contributed by atoms with Gasteiger partial charge in [0.25, 0.3) is 5.91 Å². The van der Waals surface area contributed by atoms with Crippen molar-refractivity contribution in [3.05, 3.63) is 56.9 Å². The molecular formula is C18H14Cl2N2O3S. The Labute approximate surface area is 165 Å². The van der Waals surface area contributed by atoms with Crippen molar-refractivity contribution in [1.82, 2.24) is 5.32 Å². The van der Waals surface area contributed by atoms with Gasteiger partial charge in [-0.1, -0.05) is 23.2 Å². The third-order valence-electron chi connectivity index (χ3n) is 3.51. The Morgan fingerprint density at radius 2 is 1.92 bits per heavy atom. The van der Waals surface area contributed by atoms with Gasteiger partial charge in [0, 0.05) is 10.6 Å². The number of amidine groups is 1. The van der Waals surface area contributed by atoms with Crippen molar-refractivity contribution in [2.45, 2.75) is 0 Å². The first-order chi connectivity index (χ1) is 12.5. The smallest absolute Gasteiger partial charge is 0.264 e. The molecule has 0 spiro atoms. The predicted molar refractivity (Wildman–Crippen MR) is 107 cm³/mol. The average Bonchev–Trinajstić information content (AvgIpc) is 2.96. The number of amides is 1. The largest absolute Gasteiger partial charge is 0.497 e. The summed E-state index contributed by atoms with van der Waals surface area (Å²) < 4.78 is 10.6. The zero-order valence-electron chi connectivity index (χ0n) is 13.9. The summed E-state index contributed by atoms with van der Waals surface area (Å²) in [6.45, 7) is 0. The summed E-state index contributed by atoms with van der Waals surface area (Å²) in [5, 5.41) is 4.09. The van der Waals surface area contributed by atoms with Crippen LogP contribution in [0.4, 0.5) is 5.69 Å². The highest BCUT2D eigenvalue weighted by molar-refractivity contribution is 8.18. The van der Waals surface area contributed by atoms with Crippen LogP contribution in [0.25, 0.3) is 6.08 Å². The Balaban J connectivity index is 1.90. The van der Waals surface area contributed by atoms with Gasteiger partial charge in [0.05, 0.1) is 29.8 Å². The zero-order valence-corrected chi connectivity index (χ0v) is 16.2. The molecule has 0 aromatic heterocycles. The van der Waals surface area contributed by atoms with Crippen molar-refractivity contribution in [2.75, 3.05) is 14.2 Å². The maximum Gasteiger partial charge on any atom is 0.264 e. The molecule has 1 fully saturated rings. The van der Waals surface area contributed by atoms with E-state index >= 15 is 0 Å². The number of rotatable bonds is 4. The zero-order chi connectivity index (χ0) is 18.7. The van der Waals surface area contributed by atoms with Crippen LogP contribution in [0.5, 0.6) is 11.5 Å². The molecule has 1 aliphatic heterocycles.